The number of nitrogens with zero attached hydrogens (tertiary/aromatic N) is 3. The zero-order valence-corrected chi connectivity index (χ0v) is 19.5. The van der Waals surface area contributed by atoms with E-state index in [-0.39, 0.29) is 34.6 Å². The molecule has 0 saturated heterocycles. The molecule has 8 nitrogen and oxygen atoms in total. The van der Waals surface area contributed by atoms with Crippen LogP contribution in [-0.4, -0.2) is 32.4 Å². The highest BCUT2D eigenvalue weighted by Crippen LogP contribution is 2.36. The molecule has 4 aromatic rings. The van der Waals surface area contributed by atoms with Crippen molar-refractivity contribution >= 4 is 34.2 Å². The first kappa shape index (κ1) is 25.5. The first-order chi connectivity index (χ1) is 17.4. The van der Waals surface area contributed by atoms with Crippen LogP contribution in [0.3, 0.4) is 0 Å². The van der Waals surface area contributed by atoms with E-state index < -0.39 is 40.8 Å². The highest BCUT2D eigenvalue weighted by atomic mass is 19.4. The number of primary amides is 1. The number of rotatable bonds is 6. The number of hydrogen-bond acceptors (Lipinski definition) is 5. The zero-order valence-electron chi connectivity index (χ0n) is 19.5. The van der Waals surface area contributed by atoms with E-state index in [0.29, 0.717) is 11.1 Å². The van der Waals surface area contributed by atoms with Gasteiger partial charge < -0.3 is 11.1 Å². The van der Waals surface area contributed by atoms with Gasteiger partial charge in [-0.3, -0.25) is 19.1 Å². The minimum atomic E-state index is -4.94. The van der Waals surface area contributed by atoms with E-state index in [4.69, 9.17) is 5.73 Å². The lowest BCUT2D eigenvalue weighted by Gasteiger charge is -2.12. The Hall–Kier alpha value is -4.61. The summed E-state index contributed by atoms with van der Waals surface area (Å²) in [7, 11) is 0. The Kier molecular flexibility index (Phi) is 6.51. The number of carbonyl (C=O) groups is 3. The monoisotopic (exact) mass is 513 g/mol. The molecular formula is C25H19F4N5O3. The molecule has 0 radical (unpaired) electrons. The number of anilines is 1. The van der Waals surface area contributed by atoms with Gasteiger partial charge in [0.05, 0.1) is 29.0 Å². The Labute approximate surface area is 207 Å². The van der Waals surface area contributed by atoms with Crippen LogP contribution >= 0.6 is 0 Å². The van der Waals surface area contributed by atoms with Crippen LogP contribution in [0.2, 0.25) is 0 Å². The Balaban J connectivity index is 1.79. The fourth-order valence-electron chi connectivity index (χ4n) is 3.84. The summed E-state index contributed by atoms with van der Waals surface area (Å²) in [6.45, 7) is 2.57. The van der Waals surface area contributed by atoms with Crippen molar-refractivity contribution in [3.05, 3.63) is 88.1 Å². The van der Waals surface area contributed by atoms with Gasteiger partial charge in [0, 0.05) is 10.9 Å². The van der Waals surface area contributed by atoms with Gasteiger partial charge in [-0.15, -0.1) is 0 Å². The number of ketones is 1. The average Bonchev–Trinajstić information content (AvgIpc) is 3.14. The van der Waals surface area contributed by atoms with Crippen LogP contribution < -0.4 is 11.1 Å². The van der Waals surface area contributed by atoms with Crippen molar-refractivity contribution in [1.82, 2.24) is 14.8 Å². The molecule has 190 valence electrons. The Morgan fingerprint density at radius 2 is 1.78 bits per heavy atom. The second-order valence-electron chi connectivity index (χ2n) is 8.23. The van der Waals surface area contributed by atoms with Gasteiger partial charge in [0.1, 0.15) is 11.5 Å². The van der Waals surface area contributed by atoms with Gasteiger partial charge in [0.25, 0.3) is 11.8 Å². The lowest BCUT2D eigenvalue weighted by Crippen LogP contribution is -2.20. The van der Waals surface area contributed by atoms with Crippen LogP contribution in [0.15, 0.2) is 48.5 Å². The minimum Gasteiger partial charge on any atom is -0.364 e. The number of Topliss-reactive ketones (excluding diaryl/α,β-unsaturated/α-hetero) is 1. The van der Waals surface area contributed by atoms with Crippen molar-refractivity contribution in [1.29, 1.82) is 0 Å². The molecule has 3 N–H and O–H groups in total. The molecule has 37 heavy (non-hydrogen) atoms. The summed E-state index contributed by atoms with van der Waals surface area (Å²) in [4.78, 5) is 40.5. The summed E-state index contributed by atoms with van der Waals surface area (Å²) < 4.78 is 57.3. The molecule has 4 rings (SSSR count). The normalized spacial score (nSPS) is 11.5. The number of carbonyl (C=O) groups excluding carboxylic acids is 3. The number of aromatic nitrogens is 3. The van der Waals surface area contributed by atoms with E-state index >= 15 is 0 Å². The van der Waals surface area contributed by atoms with Crippen molar-refractivity contribution in [3.8, 4) is 0 Å². The number of nitrogens with one attached hydrogen (secondary N) is 1. The number of fused-ring (bicyclic) bond motifs is 1. The van der Waals surface area contributed by atoms with Gasteiger partial charge in [-0.05, 0) is 43.7 Å². The predicted octanol–water partition coefficient (Wildman–Crippen LogP) is 4.50. The van der Waals surface area contributed by atoms with Gasteiger partial charge in [0.2, 0.25) is 0 Å². The van der Waals surface area contributed by atoms with Gasteiger partial charge in [-0.2, -0.15) is 18.3 Å². The summed E-state index contributed by atoms with van der Waals surface area (Å²) in [6.07, 6.45) is -4.94. The second-order valence-corrected chi connectivity index (χ2v) is 8.23. The SMILES string of the molecule is CC(=O)c1cccc(Cn2nc(C(F)(F)F)c(NC(=O)c3cc(C(N)=O)nc4cccc(F)c34)c2C)c1. The van der Waals surface area contributed by atoms with Crippen molar-refractivity contribution in [2.24, 2.45) is 5.73 Å². The topological polar surface area (TPSA) is 120 Å². The van der Waals surface area contributed by atoms with Gasteiger partial charge in [-0.1, -0.05) is 24.3 Å². The molecule has 0 spiro atoms. The standard InChI is InChI=1S/C25H19F4N5O3/c1-12-21(22(25(27,28)29)33-34(12)11-14-5-3-6-15(9-14)13(2)35)32-24(37)16-10-19(23(30)36)31-18-8-4-7-17(26)20(16)18/h3-10H,11H2,1-2H3,(H2,30,36)(H,32,37). The number of halogens is 4. The van der Waals surface area contributed by atoms with Gasteiger partial charge in [0.15, 0.2) is 11.5 Å². The molecule has 0 aliphatic rings. The Bertz CT molecular complexity index is 1580. The number of benzene rings is 2. The van der Waals surface area contributed by atoms with E-state index in [1.54, 1.807) is 18.2 Å². The smallest absolute Gasteiger partial charge is 0.364 e. The summed E-state index contributed by atoms with van der Waals surface area (Å²) >= 11 is 0. The third-order valence-corrected chi connectivity index (χ3v) is 5.66. The molecule has 0 fully saturated rings. The van der Waals surface area contributed by atoms with Gasteiger partial charge in [-0.25, -0.2) is 9.37 Å². The lowest BCUT2D eigenvalue weighted by atomic mass is 10.1. The van der Waals surface area contributed by atoms with Crippen LogP contribution in [0.25, 0.3) is 10.9 Å². The molecule has 0 unspecified atom stereocenters. The number of amides is 2. The van der Waals surface area contributed by atoms with E-state index in [0.717, 1.165) is 16.8 Å². The summed E-state index contributed by atoms with van der Waals surface area (Å²) in [5.74, 6) is -3.20. The zero-order chi connectivity index (χ0) is 27.1. The molecule has 0 bridgehead atoms. The van der Waals surface area contributed by atoms with Crippen LogP contribution in [0.5, 0.6) is 0 Å². The number of pyridine rings is 1. The first-order valence-corrected chi connectivity index (χ1v) is 10.8. The molecule has 2 aromatic carbocycles. The minimum absolute atomic E-state index is 0.0390. The van der Waals surface area contributed by atoms with E-state index in [1.165, 1.54) is 32.0 Å². The van der Waals surface area contributed by atoms with Crippen molar-refractivity contribution in [2.45, 2.75) is 26.6 Å². The quantitative estimate of drug-likeness (QED) is 0.291. The highest BCUT2D eigenvalue weighted by molar-refractivity contribution is 6.14. The molecule has 0 atom stereocenters. The largest absolute Gasteiger partial charge is 0.437 e. The lowest BCUT2D eigenvalue weighted by molar-refractivity contribution is -0.140. The fraction of sp³-hybridized carbons (Fsp3) is 0.160. The van der Waals surface area contributed by atoms with E-state index in [9.17, 15) is 31.9 Å². The van der Waals surface area contributed by atoms with Crippen LogP contribution in [0, 0.1) is 12.7 Å². The van der Waals surface area contributed by atoms with Crippen LogP contribution in [-0.2, 0) is 12.7 Å². The molecule has 2 amide bonds. The molecule has 0 saturated carbocycles. The summed E-state index contributed by atoms with van der Waals surface area (Å²) in [5, 5.41) is 5.55. The third-order valence-electron chi connectivity index (χ3n) is 5.66. The highest BCUT2D eigenvalue weighted by Gasteiger charge is 2.39. The maximum absolute atomic E-state index is 14.6. The first-order valence-electron chi connectivity index (χ1n) is 10.8. The Morgan fingerprint density at radius 1 is 1.08 bits per heavy atom. The predicted molar refractivity (Wildman–Crippen MR) is 126 cm³/mol. The summed E-state index contributed by atoms with van der Waals surface area (Å²) in [6, 6.07) is 10.9. The summed E-state index contributed by atoms with van der Waals surface area (Å²) in [5.41, 5.74) is 3.25. The maximum Gasteiger partial charge on any atom is 0.437 e. The molecular weight excluding hydrogens is 494 g/mol. The van der Waals surface area contributed by atoms with E-state index in [2.05, 4.69) is 15.4 Å². The maximum atomic E-state index is 14.6. The van der Waals surface area contributed by atoms with Gasteiger partial charge >= 0.3 is 6.18 Å². The van der Waals surface area contributed by atoms with Crippen molar-refractivity contribution in [2.75, 3.05) is 5.32 Å². The molecule has 0 aliphatic heterocycles. The number of alkyl halides is 3. The van der Waals surface area contributed by atoms with Crippen molar-refractivity contribution < 1.29 is 31.9 Å². The Morgan fingerprint density at radius 3 is 2.43 bits per heavy atom. The van der Waals surface area contributed by atoms with Crippen molar-refractivity contribution in [3.63, 3.8) is 0 Å². The van der Waals surface area contributed by atoms with E-state index in [1.807, 2.05) is 0 Å². The van der Waals surface area contributed by atoms with Crippen LogP contribution in [0.4, 0.5) is 23.2 Å². The number of hydrogen-bond donors (Lipinski definition) is 2. The number of nitrogens with two attached hydrogens (primary N) is 1. The molecule has 12 heteroatoms. The third kappa shape index (κ3) is 5.03. The molecule has 2 aromatic heterocycles. The molecule has 0 aliphatic carbocycles. The fourth-order valence-corrected chi connectivity index (χ4v) is 3.84. The van der Waals surface area contributed by atoms with Crippen LogP contribution in [0.1, 0.15) is 55.1 Å². The average molecular weight is 513 g/mol. The second kappa shape index (κ2) is 9.45. The molecule has 2 heterocycles.